The van der Waals surface area contributed by atoms with Crippen molar-refractivity contribution in [2.45, 2.75) is 44.4 Å². The fourth-order valence-electron chi connectivity index (χ4n) is 3.61. The van der Waals surface area contributed by atoms with Crippen LogP contribution in [0.15, 0.2) is 53.4 Å². The van der Waals surface area contributed by atoms with Crippen molar-refractivity contribution in [2.24, 2.45) is 0 Å². The lowest BCUT2D eigenvalue weighted by atomic mass is 10.1. The van der Waals surface area contributed by atoms with Gasteiger partial charge >= 0.3 is 0 Å². The highest BCUT2D eigenvalue weighted by Gasteiger charge is 2.32. The Morgan fingerprint density at radius 1 is 1.13 bits per heavy atom. The molecular weight excluding hydrogens is 424 g/mol. The molecule has 1 amide bonds. The molecule has 0 N–H and O–H groups in total. The average molecular weight is 451 g/mol. The number of rotatable bonds is 6. The zero-order valence-corrected chi connectivity index (χ0v) is 19.0. The molecule has 0 radical (unpaired) electrons. The van der Waals surface area contributed by atoms with Crippen LogP contribution in [0.1, 0.15) is 36.7 Å². The van der Waals surface area contributed by atoms with Crippen LogP contribution in [0, 0.1) is 0 Å². The van der Waals surface area contributed by atoms with Gasteiger partial charge in [-0.1, -0.05) is 23.7 Å². The summed E-state index contributed by atoms with van der Waals surface area (Å²) in [5.74, 6) is -0.157. The van der Waals surface area contributed by atoms with Crippen molar-refractivity contribution in [3.05, 3.63) is 64.7 Å². The molecular formula is C22H27ClN2O4S. The monoisotopic (exact) mass is 450 g/mol. The molecule has 8 heteroatoms. The Bertz CT molecular complexity index is 984. The summed E-state index contributed by atoms with van der Waals surface area (Å²) in [6.07, 6.45) is -0.317. The summed E-state index contributed by atoms with van der Waals surface area (Å²) in [6.45, 7) is 7.21. The number of ether oxygens (including phenoxy) is 1. The Kier molecular flexibility index (Phi) is 7.18. The van der Waals surface area contributed by atoms with Crippen molar-refractivity contribution in [1.29, 1.82) is 0 Å². The van der Waals surface area contributed by atoms with Crippen molar-refractivity contribution in [2.75, 3.05) is 19.6 Å². The van der Waals surface area contributed by atoms with E-state index in [1.54, 1.807) is 23.1 Å². The molecule has 2 unspecified atom stereocenters. The molecule has 1 aliphatic heterocycles. The molecule has 3 rings (SSSR count). The number of benzene rings is 2. The fraction of sp³-hybridized carbons (Fsp3) is 0.409. The molecule has 30 heavy (non-hydrogen) atoms. The number of carbonyl (C=O) groups is 1. The molecule has 0 aliphatic carbocycles. The molecule has 162 valence electrons. The Balaban J connectivity index is 1.76. The first-order valence-electron chi connectivity index (χ1n) is 10.00. The molecule has 1 aliphatic rings. The Labute approximate surface area is 183 Å². The highest BCUT2D eigenvalue weighted by Crippen LogP contribution is 2.22. The van der Waals surface area contributed by atoms with Gasteiger partial charge in [-0.15, -0.1) is 0 Å². The molecule has 1 saturated heterocycles. The normalized spacial score (nSPS) is 20.1. The summed E-state index contributed by atoms with van der Waals surface area (Å²) in [6, 6.07) is 13.5. The quantitative estimate of drug-likeness (QED) is 0.671. The Morgan fingerprint density at radius 2 is 1.77 bits per heavy atom. The topological polar surface area (TPSA) is 66.9 Å². The van der Waals surface area contributed by atoms with Gasteiger partial charge in [0.2, 0.25) is 10.0 Å². The molecule has 0 saturated carbocycles. The second-order valence-electron chi connectivity index (χ2n) is 7.55. The van der Waals surface area contributed by atoms with Crippen molar-refractivity contribution < 1.29 is 17.9 Å². The maximum atomic E-state index is 13.0. The van der Waals surface area contributed by atoms with Crippen molar-refractivity contribution in [1.82, 2.24) is 9.21 Å². The summed E-state index contributed by atoms with van der Waals surface area (Å²) in [7, 11) is -3.64. The fourth-order valence-corrected chi connectivity index (χ4v) is 5.41. The van der Waals surface area contributed by atoms with E-state index in [0.717, 1.165) is 5.56 Å². The molecule has 1 heterocycles. The largest absolute Gasteiger partial charge is 0.373 e. The van der Waals surface area contributed by atoms with E-state index in [2.05, 4.69) is 0 Å². The van der Waals surface area contributed by atoms with E-state index in [-0.39, 0.29) is 23.0 Å². The summed E-state index contributed by atoms with van der Waals surface area (Å²) >= 11 is 6.04. The standard InChI is InChI=1S/C22H27ClN2O4S/c1-4-24(15-18-6-5-7-20(23)12-18)22(26)19-8-10-21(11-9-19)30(27,28)25-13-16(2)29-17(3)14-25/h5-12,16-17H,4,13-15H2,1-3H3. The number of carbonyl (C=O) groups excluding carboxylic acids is 1. The highest BCUT2D eigenvalue weighted by molar-refractivity contribution is 7.89. The highest BCUT2D eigenvalue weighted by atomic mass is 35.5. The van der Waals surface area contributed by atoms with Crippen LogP contribution in [0.4, 0.5) is 0 Å². The minimum atomic E-state index is -3.64. The Morgan fingerprint density at radius 3 is 2.33 bits per heavy atom. The van der Waals surface area contributed by atoms with Crippen molar-refractivity contribution in [3.8, 4) is 0 Å². The van der Waals surface area contributed by atoms with E-state index in [1.807, 2.05) is 39.0 Å². The van der Waals surface area contributed by atoms with Crippen LogP contribution in [-0.2, 0) is 21.3 Å². The molecule has 0 spiro atoms. The molecule has 2 atom stereocenters. The van der Waals surface area contributed by atoms with Crippen LogP contribution in [0.2, 0.25) is 5.02 Å². The minimum absolute atomic E-state index is 0.157. The van der Waals surface area contributed by atoms with Gasteiger partial charge in [-0.2, -0.15) is 4.31 Å². The van der Waals surface area contributed by atoms with Gasteiger partial charge in [0.25, 0.3) is 5.91 Å². The van der Waals surface area contributed by atoms with Gasteiger partial charge in [-0.05, 0) is 62.7 Å². The lowest BCUT2D eigenvalue weighted by Gasteiger charge is -2.34. The van der Waals surface area contributed by atoms with Gasteiger partial charge in [0.1, 0.15) is 0 Å². The maximum Gasteiger partial charge on any atom is 0.254 e. The average Bonchev–Trinajstić information content (AvgIpc) is 2.71. The smallest absolute Gasteiger partial charge is 0.254 e. The molecule has 1 fully saturated rings. The summed E-state index contributed by atoms with van der Waals surface area (Å²) in [4.78, 5) is 14.8. The Hall–Kier alpha value is -1.93. The van der Waals surface area contributed by atoms with Crippen LogP contribution in [0.3, 0.4) is 0 Å². The first-order valence-corrected chi connectivity index (χ1v) is 11.8. The van der Waals surface area contributed by atoms with E-state index >= 15 is 0 Å². The van der Waals surface area contributed by atoms with Gasteiger partial charge in [-0.3, -0.25) is 4.79 Å². The third-order valence-corrected chi connectivity index (χ3v) is 7.14. The van der Waals surface area contributed by atoms with Crippen molar-refractivity contribution >= 4 is 27.5 Å². The first-order chi connectivity index (χ1) is 14.2. The maximum absolute atomic E-state index is 13.0. The van der Waals surface area contributed by atoms with Gasteiger partial charge < -0.3 is 9.64 Å². The first kappa shape index (κ1) is 22.7. The lowest BCUT2D eigenvalue weighted by Crippen LogP contribution is -2.48. The van der Waals surface area contributed by atoms with E-state index < -0.39 is 10.0 Å². The van der Waals surface area contributed by atoms with Crippen molar-refractivity contribution in [3.63, 3.8) is 0 Å². The summed E-state index contributed by atoms with van der Waals surface area (Å²) < 4.78 is 33.0. The number of sulfonamides is 1. The molecule has 0 bridgehead atoms. The number of amides is 1. The minimum Gasteiger partial charge on any atom is -0.373 e. The molecule has 0 aromatic heterocycles. The van der Waals surface area contributed by atoms with Crippen LogP contribution in [0.5, 0.6) is 0 Å². The lowest BCUT2D eigenvalue weighted by molar-refractivity contribution is -0.0440. The van der Waals surface area contributed by atoms with Crippen LogP contribution in [0.25, 0.3) is 0 Å². The summed E-state index contributed by atoms with van der Waals surface area (Å²) in [5, 5.41) is 0.623. The third-order valence-electron chi connectivity index (χ3n) is 5.06. The molecule has 2 aromatic carbocycles. The van der Waals surface area contributed by atoms with E-state index in [9.17, 15) is 13.2 Å². The van der Waals surface area contributed by atoms with E-state index in [0.29, 0.717) is 36.8 Å². The number of morpholine rings is 1. The predicted molar refractivity (Wildman–Crippen MR) is 117 cm³/mol. The SMILES string of the molecule is CCN(Cc1cccc(Cl)c1)C(=O)c1ccc(S(=O)(=O)N2CC(C)OC(C)C2)cc1. The number of hydrogen-bond acceptors (Lipinski definition) is 4. The second kappa shape index (κ2) is 9.47. The van der Waals surface area contributed by atoms with Crippen LogP contribution < -0.4 is 0 Å². The van der Waals surface area contributed by atoms with E-state index in [1.165, 1.54) is 16.4 Å². The van der Waals surface area contributed by atoms with Crippen LogP contribution in [-0.4, -0.2) is 55.4 Å². The van der Waals surface area contributed by atoms with Gasteiger partial charge in [0, 0.05) is 36.8 Å². The van der Waals surface area contributed by atoms with Gasteiger partial charge in [0.05, 0.1) is 17.1 Å². The number of nitrogens with zero attached hydrogens (tertiary/aromatic N) is 2. The zero-order valence-electron chi connectivity index (χ0n) is 17.4. The molecule has 6 nitrogen and oxygen atoms in total. The number of hydrogen-bond donors (Lipinski definition) is 0. The predicted octanol–water partition coefficient (Wildman–Crippen LogP) is 3.80. The third kappa shape index (κ3) is 5.21. The zero-order chi connectivity index (χ0) is 21.9. The number of halogens is 1. The molecule has 2 aromatic rings. The van der Waals surface area contributed by atoms with Crippen LogP contribution >= 0.6 is 11.6 Å². The summed E-state index contributed by atoms with van der Waals surface area (Å²) in [5.41, 5.74) is 1.38. The van der Waals surface area contributed by atoms with Gasteiger partial charge in [0.15, 0.2) is 0 Å². The van der Waals surface area contributed by atoms with Gasteiger partial charge in [-0.25, -0.2) is 8.42 Å². The van der Waals surface area contributed by atoms with E-state index in [4.69, 9.17) is 16.3 Å². The second-order valence-corrected chi connectivity index (χ2v) is 9.93.